The number of thiophene rings is 1. The Morgan fingerprint density at radius 1 is 1.38 bits per heavy atom. The van der Waals surface area contributed by atoms with Gasteiger partial charge in [-0.1, -0.05) is 12.1 Å². The van der Waals surface area contributed by atoms with Crippen LogP contribution in [0.15, 0.2) is 35.7 Å². The second-order valence-corrected chi connectivity index (χ2v) is 6.45. The molecule has 1 fully saturated rings. The van der Waals surface area contributed by atoms with Crippen LogP contribution in [0.3, 0.4) is 0 Å². The van der Waals surface area contributed by atoms with Crippen molar-refractivity contribution in [3.63, 3.8) is 0 Å². The van der Waals surface area contributed by atoms with Crippen molar-refractivity contribution < 1.29 is 4.79 Å². The lowest BCUT2D eigenvalue weighted by molar-refractivity contribution is 0.0601. The van der Waals surface area contributed by atoms with Crippen LogP contribution in [0.2, 0.25) is 0 Å². The van der Waals surface area contributed by atoms with Gasteiger partial charge in [0.2, 0.25) is 0 Å². The van der Waals surface area contributed by atoms with Crippen molar-refractivity contribution in [2.75, 3.05) is 13.1 Å². The molecule has 21 heavy (non-hydrogen) atoms. The highest BCUT2D eigenvalue weighted by atomic mass is 32.1. The molecule has 1 aliphatic heterocycles. The molecule has 0 radical (unpaired) electrons. The first-order valence-corrected chi connectivity index (χ1v) is 7.88. The standard InChI is InChI=1S/C16H15N3OS/c1-10-6-14(21-9-10)16(20)19-7-11(8-19)15-17-12-4-2-3-5-13(12)18-15/h2-6,9,11H,7-8H2,1H3,(H,17,18). The quantitative estimate of drug-likeness (QED) is 0.790. The van der Waals surface area contributed by atoms with E-state index in [1.807, 2.05) is 47.5 Å². The van der Waals surface area contributed by atoms with E-state index >= 15 is 0 Å². The summed E-state index contributed by atoms with van der Waals surface area (Å²) in [5.41, 5.74) is 3.20. The molecule has 1 aromatic carbocycles. The van der Waals surface area contributed by atoms with Crippen molar-refractivity contribution in [1.82, 2.24) is 14.9 Å². The normalized spacial score (nSPS) is 15.4. The highest BCUT2D eigenvalue weighted by Crippen LogP contribution is 2.29. The highest BCUT2D eigenvalue weighted by Gasteiger charge is 2.34. The Bertz CT molecular complexity index is 781. The third kappa shape index (κ3) is 2.14. The van der Waals surface area contributed by atoms with Gasteiger partial charge >= 0.3 is 0 Å². The minimum absolute atomic E-state index is 0.139. The molecule has 2 aromatic heterocycles. The van der Waals surface area contributed by atoms with E-state index < -0.39 is 0 Å². The number of nitrogens with one attached hydrogen (secondary N) is 1. The third-order valence-electron chi connectivity index (χ3n) is 3.90. The largest absolute Gasteiger partial charge is 0.342 e. The number of likely N-dealkylation sites (tertiary alicyclic amines) is 1. The molecular formula is C16H15N3OS. The number of H-pyrrole nitrogens is 1. The zero-order chi connectivity index (χ0) is 14.4. The minimum atomic E-state index is 0.139. The average molecular weight is 297 g/mol. The Kier molecular flexibility index (Phi) is 2.82. The van der Waals surface area contributed by atoms with Crippen molar-refractivity contribution in [2.45, 2.75) is 12.8 Å². The van der Waals surface area contributed by atoms with Gasteiger partial charge < -0.3 is 9.88 Å². The monoisotopic (exact) mass is 297 g/mol. The number of benzene rings is 1. The van der Waals surface area contributed by atoms with Gasteiger partial charge in [-0.15, -0.1) is 11.3 Å². The number of carbonyl (C=O) groups is 1. The van der Waals surface area contributed by atoms with Gasteiger partial charge in [0.1, 0.15) is 5.82 Å². The molecule has 1 amide bonds. The molecule has 0 aliphatic carbocycles. The van der Waals surface area contributed by atoms with Gasteiger partial charge in [0.25, 0.3) is 5.91 Å². The lowest BCUT2D eigenvalue weighted by atomic mass is 9.99. The fourth-order valence-electron chi connectivity index (χ4n) is 2.68. The maximum absolute atomic E-state index is 12.3. The van der Waals surface area contributed by atoms with Gasteiger partial charge in [-0.2, -0.15) is 0 Å². The van der Waals surface area contributed by atoms with Crippen molar-refractivity contribution in [3.05, 3.63) is 52.0 Å². The lowest BCUT2D eigenvalue weighted by Crippen LogP contribution is -2.48. The Hall–Kier alpha value is -2.14. The summed E-state index contributed by atoms with van der Waals surface area (Å²) in [4.78, 5) is 23.0. The zero-order valence-electron chi connectivity index (χ0n) is 11.7. The molecule has 1 aliphatic rings. The van der Waals surface area contributed by atoms with Crippen LogP contribution in [0.4, 0.5) is 0 Å². The minimum Gasteiger partial charge on any atom is -0.342 e. The van der Waals surface area contributed by atoms with Crippen molar-refractivity contribution in [1.29, 1.82) is 0 Å². The second kappa shape index (κ2) is 4.70. The molecule has 0 spiro atoms. The smallest absolute Gasteiger partial charge is 0.263 e. The number of fused-ring (bicyclic) bond motifs is 1. The average Bonchev–Trinajstić information content (AvgIpc) is 3.02. The molecule has 1 N–H and O–H groups in total. The Balaban J connectivity index is 1.48. The summed E-state index contributed by atoms with van der Waals surface area (Å²) in [7, 11) is 0. The van der Waals surface area contributed by atoms with E-state index in [0.717, 1.165) is 40.4 Å². The number of imidazole rings is 1. The molecule has 4 rings (SSSR count). The molecule has 0 saturated carbocycles. The van der Waals surface area contributed by atoms with Crippen molar-refractivity contribution in [2.24, 2.45) is 0 Å². The fraction of sp³-hybridized carbons (Fsp3) is 0.250. The molecule has 3 aromatic rings. The van der Waals surface area contributed by atoms with E-state index in [-0.39, 0.29) is 5.91 Å². The summed E-state index contributed by atoms with van der Waals surface area (Å²) in [5, 5.41) is 2.02. The summed E-state index contributed by atoms with van der Waals surface area (Å²) in [5.74, 6) is 1.45. The van der Waals surface area contributed by atoms with Gasteiger partial charge in [0.05, 0.1) is 21.8 Å². The number of rotatable bonds is 2. The number of para-hydroxylation sites is 2. The molecule has 1 saturated heterocycles. The number of amides is 1. The summed E-state index contributed by atoms with van der Waals surface area (Å²) in [6.45, 7) is 3.51. The maximum Gasteiger partial charge on any atom is 0.263 e. The Morgan fingerprint density at radius 3 is 2.90 bits per heavy atom. The molecule has 0 bridgehead atoms. The molecule has 3 heterocycles. The van der Waals surface area contributed by atoms with Crippen molar-refractivity contribution in [3.8, 4) is 0 Å². The number of aromatic amines is 1. The third-order valence-corrected chi connectivity index (χ3v) is 4.94. The summed E-state index contributed by atoms with van der Waals surface area (Å²) < 4.78 is 0. The first-order valence-electron chi connectivity index (χ1n) is 7.00. The number of nitrogens with zero attached hydrogens (tertiary/aromatic N) is 2. The van der Waals surface area contributed by atoms with Crippen molar-refractivity contribution >= 4 is 28.3 Å². The van der Waals surface area contributed by atoms with E-state index in [2.05, 4.69) is 9.97 Å². The number of aromatic nitrogens is 2. The number of carbonyl (C=O) groups excluding carboxylic acids is 1. The highest BCUT2D eigenvalue weighted by molar-refractivity contribution is 7.12. The zero-order valence-corrected chi connectivity index (χ0v) is 12.5. The Labute approximate surface area is 126 Å². The van der Waals surface area contributed by atoms with Crippen LogP contribution in [0.1, 0.15) is 27.0 Å². The summed E-state index contributed by atoms with van der Waals surface area (Å²) in [6.07, 6.45) is 0. The SMILES string of the molecule is Cc1csc(C(=O)N2CC(c3nc4ccccc4[nH]3)C2)c1. The summed E-state index contributed by atoms with van der Waals surface area (Å²) >= 11 is 1.52. The van der Waals surface area contributed by atoms with Gasteiger partial charge in [-0.05, 0) is 36.1 Å². The fourth-order valence-corrected chi connectivity index (χ4v) is 3.55. The van der Waals surface area contributed by atoms with Crippen LogP contribution in [-0.2, 0) is 0 Å². The van der Waals surface area contributed by atoms with Gasteiger partial charge in [-0.25, -0.2) is 4.98 Å². The van der Waals surface area contributed by atoms with E-state index in [9.17, 15) is 4.79 Å². The summed E-state index contributed by atoms with van der Waals surface area (Å²) in [6, 6.07) is 9.98. The molecule has 0 atom stereocenters. The first-order chi connectivity index (χ1) is 10.2. The van der Waals surface area contributed by atoms with E-state index in [1.165, 1.54) is 11.3 Å². The van der Waals surface area contributed by atoms with E-state index in [4.69, 9.17) is 0 Å². The second-order valence-electron chi connectivity index (χ2n) is 5.53. The molecular weight excluding hydrogens is 282 g/mol. The first kappa shape index (κ1) is 12.6. The maximum atomic E-state index is 12.3. The number of aryl methyl sites for hydroxylation is 1. The van der Waals surface area contributed by atoms with Crippen LogP contribution in [0.5, 0.6) is 0 Å². The van der Waals surface area contributed by atoms with Gasteiger partial charge in [0, 0.05) is 13.1 Å². The number of hydrogen-bond acceptors (Lipinski definition) is 3. The van der Waals surface area contributed by atoms with Crippen LogP contribution >= 0.6 is 11.3 Å². The van der Waals surface area contributed by atoms with Gasteiger partial charge in [-0.3, -0.25) is 4.79 Å². The predicted molar refractivity (Wildman–Crippen MR) is 83.8 cm³/mol. The number of hydrogen-bond donors (Lipinski definition) is 1. The van der Waals surface area contributed by atoms with Crippen LogP contribution < -0.4 is 0 Å². The molecule has 106 valence electrons. The van der Waals surface area contributed by atoms with Gasteiger partial charge in [0.15, 0.2) is 0 Å². The molecule has 0 unspecified atom stereocenters. The molecule has 5 heteroatoms. The lowest BCUT2D eigenvalue weighted by Gasteiger charge is -2.37. The molecule has 4 nitrogen and oxygen atoms in total. The van der Waals surface area contributed by atoms with E-state index in [0.29, 0.717) is 5.92 Å². The van der Waals surface area contributed by atoms with Crippen LogP contribution in [-0.4, -0.2) is 33.9 Å². The van der Waals surface area contributed by atoms with Crippen LogP contribution in [0.25, 0.3) is 11.0 Å². The predicted octanol–water partition coefficient (Wildman–Crippen LogP) is 3.17. The van der Waals surface area contributed by atoms with E-state index in [1.54, 1.807) is 0 Å². The topological polar surface area (TPSA) is 49.0 Å². The Morgan fingerprint density at radius 2 is 2.19 bits per heavy atom. The van der Waals surface area contributed by atoms with Crippen LogP contribution in [0, 0.1) is 6.92 Å².